The number of furan rings is 1. The molecule has 1 N–H and O–H groups in total. The fourth-order valence-electron chi connectivity index (χ4n) is 3.49. The lowest BCUT2D eigenvalue weighted by Gasteiger charge is -2.29. The van der Waals surface area contributed by atoms with Crippen LogP contribution in [-0.2, 0) is 6.54 Å². The fourth-order valence-corrected chi connectivity index (χ4v) is 3.49. The van der Waals surface area contributed by atoms with Crippen molar-refractivity contribution in [1.82, 2.24) is 20.1 Å². The number of carbonyl (C=O) groups excluding carboxylic acids is 1. The highest BCUT2D eigenvalue weighted by Crippen LogP contribution is 2.25. The molecule has 0 aliphatic heterocycles. The summed E-state index contributed by atoms with van der Waals surface area (Å²) in [4.78, 5) is 16.7. The van der Waals surface area contributed by atoms with E-state index in [1.54, 1.807) is 23.1 Å². The van der Waals surface area contributed by atoms with Gasteiger partial charge < -0.3 is 14.5 Å². The minimum atomic E-state index is -0.167. The van der Waals surface area contributed by atoms with Crippen LogP contribution in [0, 0.1) is 6.92 Å². The van der Waals surface area contributed by atoms with Crippen LogP contribution in [0.3, 0.4) is 0 Å². The highest BCUT2D eigenvalue weighted by molar-refractivity contribution is 5.91. The van der Waals surface area contributed by atoms with Gasteiger partial charge in [-0.15, -0.1) is 0 Å². The molecule has 146 valence electrons. The van der Waals surface area contributed by atoms with Crippen LogP contribution >= 0.6 is 0 Å². The summed E-state index contributed by atoms with van der Waals surface area (Å²) in [5.74, 6) is 1.72. The van der Waals surface area contributed by atoms with Crippen LogP contribution < -0.4 is 10.1 Å². The van der Waals surface area contributed by atoms with Gasteiger partial charge in [-0.05, 0) is 62.9 Å². The molecule has 0 aromatic carbocycles. The number of nitrogens with one attached hydrogen (secondary N) is 1. The second-order valence-corrected chi connectivity index (χ2v) is 7.12. The standard InChI is InChI=1S/C21H24N4O3/c1-15-19(4-2-11-22-15)27-17-7-5-16(6-8-17)24-21(26)20-10-9-18(28-20)14-25-13-3-12-23-25/h2-4,9-13,16-17H,5-8,14H2,1H3,(H,24,26). The Morgan fingerprint density at radius 1 is 1.21 bits per heavy atom. The number of aromatic nitrogens is 3. The SMILES string of the molecule is Cc1ncccc1OC1CCC(NC(=O)c2ccc(Cn3cccn3)o2)CC1. The molecule has 3 heterocycles. The maximum atomic E-state index is 12.5. The first-order chi connectivity index (χ1) is 13.7. The number of amides is 1. The van der Waals surface area contributed by atoms with Crippen LogP contribution in [0.2, 0.25) is 0 Å². The lowest BCUT2D eigenvalue weighted by atomic mass is 9.93. The molecule has 7 nitrogen and oxygen atoms in total. The Bertz CT molecular complexity index is 911. The predicted octanol–water partition coefficient (Wildman–Crippen LogP) is 3.35. The summed E-state index contributed by atoms with van der Waals surface area (Å²) in [5.41, 5.74) is 0.904. The predicted molar refractivity (Wildman–Crippen MR) is 103 cm³/mol. The van der Waals surface area contributed by atoms with E-state index in [-0.39, 0.29) is 18.1 Å². The van der Waals surface area contributed by atoms with Crippen molar-refractivity contribution in [3.8, 4) is 5.75 Å². The molecular formula is C21H24N4O3. The van der Waals surface area contributed by atoms with E-state index in [1.807, 2.05) is 37.4 Å². The molecule has 0 spiro atoms. The van der Waals surface area contributed by atoms with E-state index in [0.29, 0.717) is 18.1 Å². The lowest BCUT2D eigenvalue weighted by Crippen LogP contribution is -2.39. The first kappa shape index (κ1) is 18.3. The molecule has 1 amide bonds. The summed E-state index contributed by atoms with van der Waals surface area (Å²) < 4.78 is 13.5. The number of hydrogen-bond acceptors (Lipinski definition) is 5. The van der Waals surface area contributed by atoms with E-state index in [4.69, 9.17) is 9.15 Å². The van der Waals surface area contributed by atoms with E-state index < -0.39 is 0 Å². The Kier molecular flexibility index (Phi) is 5.41. The van der Waals surface area contributed by atoms with Crippen LogP contribution in [0.5, 0.6) is 5.75 Å². The Hall–Kier alpha value is -3.09. The molecule has 7 heteroatoms. The van der Waals surface area contributed by atoms with Gasteiger partial charge >= 0.3 is 0 Å². The molecule has 1 aliphatic rings. The molecule has 3 aromatic heterocycles. The summed E-state index contributed by atoms with van der Waals surface area (Å²) in [7, 11) is 0. The van der Waals surface area contributed by atoms with E-state index in [1.165, 1.54) is 0 Å². The Balaban J connectivity index is 1.26. The van der Waals surface area contributed by atoms with Crippen LogP contribution in [0.4, 0.5) is 0 Å². The second kappa shape index (κ2) is 8.29. The minimum Gasteiger partial charge on any atom is -0.489 e. The number of carbonyl (C=O) groups is 1. The third-order valence-electron chi connectivity index (χ3n) is 5.02. The zero-order chi connectivity index (χ0) is 19.3. The first-order valence-corrected chi connectivity index (χ1v) is 9.62. The minimum absolute atomic E-state index is 0.141. The molecule has 1 fully saturated rings. The van der Waals surface area contributed by atoms with Crippen molar-refractivity contribution >= 4 is 5.91 Å². The molecule has 1 saturated carbocycles. The van der Waals surface area contributed by atoms with E-state index in [9.17, 15) is 4.79 Å². The maximum Gasteiger partial charge on any atom is 0.287 e. The van der Waals surface area contributed by atoms with Crippen molar-refractivity contribution in [2.45, 2.75) is 51.3 Å². The number of aryl methyl sites for hydroxylation is 1. The van der Waals surface area contributed by atoms with Crippen molar-refractivity contribution in [2.75, 3.05) is 0 Å². The molecule has 0 saturated heterocycles. The molecule has 4 rings (SSSR count). The molecule has 0 atom stereocenters. The summed E-state index contributed by atoms with van der Waals surface area (Å²) in [5, 5.41) is 7.22. The quantitative estimate of drug-likeness (QED) is 0.709. The van der Waals surface area contributed by atoms with Gasteiger partial charge in [-0.3, -0.25) is 14.5 Å². The highest BCUT2D eigenvalue weighted by Gasteiger charge is 2.25. The van der Waals surface area contributed by atoms with Crippen molar-refractivity contribution < 1.29 is 13.9 Å². The smallest absolute Gasteiger partial charge is 0.287 e. The summed E-state index contributed by atoms with van der Waals surface area (Å²) >= 11 is 0. The van der Waals surface area contributed by atoms with Crippen molar-refractivity contribution in [3.63, 3.8) is 0 Å². The Morgan fingerprint density at radius 3 is 2.82 bits per heavy atom. The largest absolute Gasteiger partial charge is 0.489 e. The summed E-state index contributed by atoms with van der Waals surface area (Å²) in [6, 6.07) is 9.37. The van der Waals surface area contributed by atoms with Gasteiger partial charge in [-0.1, -0.05) is 0 Å². The third kappa shape index (κ3) is 4.42. The van der Waals surface area contributed by atoms with Crippen LogP contribution in [0.25, 0.3) is 0 Å². The lowest BCUT2D eigenvalue weighted by molar-refractivity contribution is 0.0864. The third-order valence-corrected chi connectivity index (χ3v) is 5.02. The van der Waals surface area contributed by atoms with E-state index in [2.05, 4.69) is 15.4 Å². The van der Waals surface area contributed by atoms with Crippen LogP contribution in [0.15, 0.2) is 53.3 Å². The molecule has 28 heavy (non-hydrogen) atoms. The maximum absolute atomic E-state index is 12.5. The van der Waals surface area contributed by atoms with Crippen molar-refractivity contribution in [2.24, 2.45) is 0 Å². The monoisotopic (exact) mass is 380 g/mol. The van der Waals surface area contributed by atoms with Crippen LogP contribution in [0.1, 0.15) is 47.7 Å². The number of rotatable bonds is 6. The van der Waals surface area contributed by atoms with Gasteiger partial charge in [0.1, 0.15) is 11.5 Å². The first-order valence-electron chi connectivity index (χ1n) is 9.62. The van der Waals surface area contributed by atoms with Crippen molar-refractivity contribution in [3.05, 3.63) is 66.1 Å². The second-order valence-electron chi connectivity index (χ2n) is 7.12. The molecule has 0 unspecified atom stereocenters. The zero-order valence-corrected chi connectivity index (χ0v) is 15.9. The molecule has 1 aliphatic carbocycles. The van der Waals surface area contributed by atoms with Gasteiger partial charge in [0.2, 0.25) is 0 Å². The topological polar surface area (TPSA) is 82.2 Å². The fraction of sp³-hybridized carbons (Fsp3) is 0.381. The van der Waals surface area contributed by atoms with E-state index >= 15 is 0 Å². The van der Waals surface area contributed by atoms with Crippen molar-refractivity contribution in [1.29, 1.82) is 0 Å². The normalized spacial score (nSPS) is 19.3. The average Bonchev–Trinajstić information content (AvgIpc) is 3.38. The van der Waals surface area contributed by atoms with Gasteiger partial charge in [0.25, 0.3) is 5.91 Å². The molecule has 0 radical (unpaired) electrons. The Labute approximate surface area is 163 Å². The number of pyridine rings is 1. The summed E-state index contributed by atoms with van der Waals surface area (Å²) in [6.45, 7) is 2.46. The van der Waals surface area contributed by atoms with Gasteiger partial charge in [0.15, 0.2) is 5.76 Å². The molecule has 3 aromatic rings. The number of nitrogens with zero attached hydrogens (tertiary/aromatic N) is 3. The molecular weight excluding hydrogens is 356 g/mol. The van der Waals surface area contributed by atoms with Gasteiger partial charge in [-0.2, -0.15) is 5.10 Å². The molecule has 0 bridgehead atoms. The number of ether oxygens (including phenoxy) is 1. The highest BCUT2D eigenvalue weighted by atomic mass is 16.5. The van der Waals surface area contributed by atoms with E-state index in [0.717, 1.165) is 37.1 Å². The average molecular weight is 380 g/mol. The van der Waals surface area contributed by atoms with Gasteiger partial charge in [-0.25, -0.2) is 0 Å². The summed E-state index contributed by atoms with van der Waals surface area (Å²) in [6.07, 6.45) is 9.09. The Morgan fingerprint density at radius 2 is 2.07 bits per heavy atom. The van der Waals surface area contributed by atoms with Gasteiger partial charge in [0.05, 0.1) is 18.3 Å². The van der Waals surface area contributed by atoms with Crippen LogP contribution in [-0.4, -0.2) is 32.8 Å². The number of hydrogen-bond donors (Lipinski definition) is 1. The van der Waals surface area contributed by atoms with Gasteiger partial charge in [0, 0.05) is 24.6 Å². The zero-order valence-electron chi connectivity index (χ0n) is 15.9.